The molecule has 1 aliphatic rings. The summed E-state index contributed by atoms with van der Waals surface area (Å²) in [7, 11) is 0. The smallest absolute Gasteiger partial charge is 0.207 e. The third-order valence-corrected chi connectivity index (χ3v) is 7.61. The minimum absolute atomic E-state index is 0.122. The molecule has 1 N–H and O–H groups in total. The minimum atomic E-state index is -0.258. The fourth-order valence-electron chi connectivity index (χ4n) is 4.29. The largest absolute Gasteiger partial charge is 0.508 e. The maximum absolute atomic E-state index is 13.5. The highest BCUT2D eigenvalue weighted by Crippen LogP contribution is 2.43. The highest BCUT2D eigenvalue weighted by atomic mass is 35.5. The highest BCUT2D eigenvalue weighted by molar-refractivity contribution is 7.21. The monoisotopic (exact) mass is 525 g/mol. The lowest BCUT2D eigenvalue weighted by molar-refractivity contribution is 0.0668. The molecule has 0 unspecified atom stereocenters. The van der Waals surface area contributed by atoms with Crippen LogP contribution in [0, 0.1) is 12.8 Å². The number of carbonyl (C=O) groups excluding carboxylic acids is 1. The molecule has 0 atom stereocenters. The molecule has 186 valence electrons. The van der Waals surface area contributed by atoms with Crippen molar-refractivity contribution < 1.29 is 23.8 Å². The molecule has 1 saturated heterocycles. The van der Waals surface area contributed by atoms with Crippen LogP contribution in [0.1, 0.15) is 20.8 Å². The number of phenols is 1. The molecule has 0 bridgehead atoms. The molecule has 3 aromatic carbocycles. The number of likely N-dealkylation sites (tertiary alicyclic amines) is 1. The van der Waals surface area contributed by atoms with Crippen LogP contribution < -0.4 is 9.47 Å². The average Bonchev–Trinajstić information content (AvgIpc) is 3.18. The van der Waals surface area contributed by atoms with Gasteiger partial charge >= 0.3 is 0 Å². The summed E-state index contributed by atoms with van der Waals surface area (Å²) in [6, 6.07) is 17.4. The summed E-state index contributed by atoms with van der Waals surface area (Å²) < 4.78 is 25.4. The predicted octanol–water partition coefficient (Wildman–Crippen LogP) is 6.87. The summed E-state index contributed by atoms with van der Waals surface area (Å²) in [5.74, 6) is 1.84. The topological polar surface area (TPSA) is 59.0 Å². The van der Waals surface area contributed by atoms with Gasteiger partial charge < -0.3 is 14.6 Å². The Kier molecular flexibility index (Phi) is 7.14. The fraction of sp³-hybridized carbons (Fsp3) is 0.250. The Morgan fingerprint density at radius 1 is 1.11 bits per heavy atom. The second kappa shape index (κ2) is 10.5. The average molecular weight is 526 g/mol. The van der Waals surface area contributed by atoms with E-state index in [1.165, 1.54) is 11.3 Å². The standard InChI is InChI=1S/C28H25ClFNO4S/c1-17-12-19(29)2-8-23(17)26(33)28-27(24-9-3-20(32)13-25(24)36-28)35-22-6-4-21(5-7-22)34-11-10-31-15-18(14-30)16-31/h2-9,12-13,18,32H,10-11,14-16H2,1H3. The third kappa shape index (κ3) is 5.19. The summed E-state index contributed by atoms with van der Waals surface area (Å²) in [6.45, 7) is 4.45. The fourth-order valence-corrected chi connectivity index (χ4v) is 5.63. The number of phenolic OH excluding ortho intramolecular Hbond substituents is 1. The van der Waals surface area contributed by atoms with E-state index in [0.29, 0.717) is 39.3 Å². The van der Waals surface area contributed by atoms with Crippen molar-refractivity contribution in [2.24, 2.45) is 5.92 Å². The first-order valence-corrected chi connectivity index (χ1v) is 12.9. The van der Waals surface area contributed by atoms with Gasteiger partial charge in [0.2, 0.25) is 5.78 Å². The van der Waals surface area contributed by atoms with Crippen LogP contribution in [-0.4, -0.2) is 48.7 Å². The van der Waals surface area contributed by atoms with Crippen LogP contribution in [-0.2, 0) is 0 Å². The number of rotatable bonds is 9. The number of thiophene rings is 1. The third-order valence-electron chi connectivity index (χ3n) is 6.24. The normalized spacial score (nSPS) is 14.1. The number of halogens is 2. The van der Waals surface area contributed by atoms with E-state index in [1.54, 1.807) is 48.5 Å². The van der Waals surface area contributed by atoms with Crippen LogP contribution in [0.4, 0.5) is 4.39 Å². The van der Waals surface area contributed by atoms with Crippen molar-refractivity contribution in [3.63, 3.8) is 0 Å². The second-order valence-electron chi connectivity index (χ2n) is 8.93. The van der Waals surface area contributed by atoms with Crippen LogP contribution >= 0.6 is 22.9 Å². The molecule has 1 fully saturated rings. The van der Waals surface area contributed by atoms with Gasteiger partial charge in [0.05, 0.1) is 6.67 Å². The van der Waals surface area contributed by atoms with Crippen LogP contribution in [0.3, 0.4) is 0 Å². The SMILES string of the molecule is Cc1cc(Cl)ccc1C(=O)c1sc2cc(O)ccc2c1Oc1ccc(OCCN2CC(CF)C2)cc1. The summed E-state index contributed by atoms with van der Waals surface area (Å²) in [5.41, 5.74) is 1.32. The number of nitrogens with zero attached hydrogens (tertiary/aromatic N) is 1. The van der Waals surface area contributed by atoms with Crippen LogP contribution in [0.25, 0.3) is 10.1 Å². The van der Waals surface area contributed by atoms with Gasteiger partial charge in [0, 0.05) is 46.2 Å². The van der Waals surface area contributed by atoms with Gasteiger partial charge in [-0.2, -0.15) is 0 Å². The van der Waals surface area contributed by atoms with E-state index in [0.717, 1.165) is 35.3 Å². The van der Waals surface area contributed by atoms with Crippen molar-refractivity contribution in [1.82, 2.24) is 4.90 Å². The van der Waals surface area contributed by atoms with E-state index in [4.69, 9.17) is 21.1 Å². The maximum atomic E-state index is 13.5. The number of ether oxygens (including phenoxy) is 2. The lowest BCUT2D eigenvalue weighted by atomic mass is 10.0. The molecular formula is C28H25ClFNO4S. The number of ketones is 1. The van der Waals surface area contributed by atoms with E-state index >= 15 is 0 Å². The molecule has 5 rings (SSSR count). The van der Waals surface area contributed by atoms with E-state index < -0.39 is 0 Å². The van der Waals surface area contributed by atoms with Crippen LogP contribution in [0.15, 0.2) is 60.7 Å². The van der Waals surface area contributed by atoms with Gasteiger partial charge in [-0.1, -0.05) is 11.6 Å². The molecule has 0 spiro atoms. The number of aryl methyl sites for hydroxylation is 1. The number of aromatic hydroxyl groups is 1. The van der Waals surface area contributed by atoms with Crippen molar-refractivity contribution in [2.45, 2.75) is 6.92 Å². The number of alkyl halides is 1. The molecule has 2 heterocycles. The first kappa shape index (κ1) is 24.6. The number of carbonyl (C=O) groups is 1. The Labute approximate surface area is 217 Å². The molecule has 8 heteroatoms. The minimum Gasteiger partial charge on any atom is -0.508 e. The number of hydrogen-bond acceptors (Lipinski definition) is 6. The summed E-state index contributed by atoms with van der Waals surface area (Å²) in [4.78, 5) is 16.1. The maximum Gasteiger partial charge on any atom is 0.207 e. The van der Waals surface area contributed by atoms with Gasteiger partial charge in [0.25, 0.3) is 0 Å². The number of benzene rings is 3. The predicted molar refractivity (Wildman–Crippen MR) is 141 cm³/mol. The van der Waals surface area contributed by atoms with E-state index in [1.807, 2.05) is 19.1 Å². The van der Waals surface area contributed by atoms with Gasteiger partial charge in [-0.05, 0) is 73.2 Å². The molecule has 5 nitrogen and oxygen atoms in total. The van der Waals surface area contributed by atoms with E-state index in [9.17, 15) is 14.3 Å². The molecule has 0 radical (unpaired) electrons. The lowest BCUT2D eigenvalue weighted by Gasteiger charge is -2.37. The highest BCUT2D eigenvalue weighted by Gasteiger charge is 2.26. The lowest BCUT2D eigenvalue weighted by Crippen LogP contribution is -2.49. The van der Waals surface area contributed by atoms with Gasteiger partial charge in [-0.3, -0.25) is 14.1 Å². The molecular weight excluding hydrogens is 501 g/mol. The zero-order chi connectivity index (χ0) is 25.2. The summed E-state index contributed by atoms with van der Waals surface area (Å²) in [6.07, 6.45) is 0. The zero-order valence-electron chi connectivity index (χ0n) is 19.7. The summed E-state index contributed by atoms with van der Waals surface area (Å²) in [5, 5.41) is 11.3. The Hall–Kier alpha value is -3.13. The molecule has 36 heavy (non-hydrogen) atoms. The van der Waals surface area contributed by atoms with Gasteiger partial charge in [-0.25, -0.2) is 0 Å². The van der Waals surface area contributed by atoms with Crippen molar-refractivity contribution >= 4 is 38.8 Å². The van der Waals surface area contributed by atoms with Gasteiger partial charge in [-0.15, -0.1) is 11.3 Å². The molecule has 0 aliphatic carbocycles. The molecule has 4 aromatic rings. The van der Waals surface area contributed by atoms with Crippen molar-refractivity contribution in [3.05, 3.63) is 81.7 Å². The quantitative estimate of drug-likeness (QED) is 0.242. The second-order valence-corrected chi connectivity index (χ2v) is 10.4. The van der Waals surface area contributed by atoms with Crippen LogP contribution in [0.2, 0.25) is 5.02 Å². The van der Waals surface area contributed by atoms with E-state index in [2.05, 4.69) is 4.90 Å². The Morgan fingerprint density at radius 3 is 2.58 bits per heavy atom. The first-order chi connectivity index (χ1) is 17.4. The first-order valence-electron chi connectivity index (χ1n) is 11.7. The van der Waals surface area contributed by atoms with Crippen molar-refractivity contribution in [2.75, 3.05) is 32.9 Å². The van der Waals surface area contributed by atoms with Gasteiger partial charge in [0.1, 0.15) is 28.7 Å². The van der Waals surface area contributed by atoms with Crippen LogP contribution in [0.5, 0.6) is 23.0 Å². The zero-order valence-corrected chi connectivity index (χ0v) is 21.2. The number of fused-ring (bicyclic) bond motifs is 1. The Morgan fingerprint density at radius 2 is 1.86 bits per heavy atom. The number of hydrogen-bond donors (Lipinski definition) is 1. The molecule has 1 aliphatic heterocycles. The Balaban J connectivity index is 1.35. The van der Waals surface area contributed by atoms with Crippen molar-refractivity contribution in [3.8, 4) is 23.0 Å². The molecule has 0 saturated carbocycles. The van der Waals surface area contributed by atoms with E-state index in [-0.39, 0.29) is 24.1 Å². The van der Waals surface area contributed by atoms with Crippen molar-refractivity contribution in [1.29, 1.82) is 0 Å². The molecule has 0 amide bonds. The Bertz CT molecular complexity index is 1400. The van der Waals surface area contributed by atoms with Gasteiger partial charge in [0.15, 0.2) is 5.75 Å². The summed E-state index contributed by atoms with van der Waals surface area (Å²) >= 11 is 7.36. The molecule has 1 aromatic heterocycles.